The molecule has 2 amide bonds. The lowest BCUT2D eigenvalue weighted by Gasteiger charge is -2.14. The summed E-state index contributed by atoms with van der Waals surface area (Å²) >= 11 is 22.6. The van der Waals surface area contributed by atoms with E-state index in [1.165, 1.54) is 25.1 Å². The van der Waals surface area contributed by atoms with Gasteiger partial charge in [-0.15, -0.1) is 23.2 Å². The smallest absolute Gasteiger partial charge is 0.227 e. The highest BCUT2D eigenvalue weighted by molar-refractivity contribution is 6.49. The van der Waals surface area contributed by atoms with Crippen LogP contribution in [0.25, 0.3) is 0 Å². The zero-order chi connectivity index (χ0) is 22.0. The molecule has 0 saturated heterocycles. The molecule has 0 saturated carbocycles. The molecule has 0 aromatic heterocycles. The van der Waals surface area contributed by atoms with Gasteiger partial charge in [0.15, 0.2) is 5.82 Å². The Balaban J connectivity index is 0.000000436. The van der Waals surface area contributed by atoms with Gasteiger partial charge in [0.05, 0.1) is 17.8 Å². The van der Waals surface area contributed by atoms with Crippen molar-refractivity contribution in [2.45, 2.75) is 37.4 Å². The number of halogens is 5. The largest absolute Gasteiger partial charge is 0.324 e. The molecule has 2 N–H and O–H groups in total. The number of rotatable bonds is 6. The quantitative estimate of drug-likeness (QED) is 0.433. The van der Waals surface area contributed by atoms with Crippen LogP contribution >= 0.6 is 46.4 Å². The van der Waals surface area contributed by atoms with Crippen molar-refractivity contribution < 1.29 is 14.0 Å². The van der Waals surface area contributed by atoms with Gasteiger partial charge in [-0.2, -0.15) is 0 Å². The first-order valence-electron chi connectivity index (χ1n) is 8.69. The van der Waals surface area contributed by atoms with Gasteiger partial charge >= 0.3 is 0 Å². The predicted octanol–water partition coefficient (Wildman–Crippen LogP) is 7.08. The molecule has 0 spiro atoms. The number of benzene rings is 2. The van der Waals surface area contributed by atoms with E-state index < -0.39 is 16.1 Å². The first kappa shape index (κ1) is 25.5. The number of hydrogen-bond donors (Lipinski definition) is 2. The normalized spacial score (nSPS) is 10.6. The minimum absolute atomic E-state index is 0.0192. The van der Waals surface area contributed by atoms with Crippen LogP contribution in [0.1, 0.15) is 33.1 Å². The van der Waals surface area contributed by atoms with Crippen molar-refractivity contribution in [3.05, 3.63) is 58.3 Å². The summed E-state index contributed by atoms with van der Waals surface area (Å²) in [6, 6.07) is 11.4. The summed E-state index contributed by atoms with van der Waals surface area (Å²) in [6.07, 6.45) is 0.781. The lowest BCUT2D eigenvalue weighted by atomic mass is 10.2. The van der Waals surface area contributed by atoms with Gasteiger partial charge in [-0.05, 0) is 43.7 Å². The molecule has 0 heterocycles. The molecule has 9 heteroatoms. The van der Waals surface area contributed by atoms with Gasteiger partial charge in [-0.1, -0.05) is 42.3 Å². The molecule has 0 bridgehead atoms. The molecule has 2 rings (SSSR count). The first-order chi connectivity index (χ1) is 13.5. The van der Waals surface area contributed by atoms with E-state index in [0.29, 0.717) is 22.9 Å². The van der Waals surface area contributed by atoms with Gasteiger partial charge < -0.3 is 10.6 Å². The number of carbonyl (C=O) groups excluding carboxylic acids is 2. The summed E-state index contributed by atoms with van der Waals surface area (Å²) < 4.78 is 12.9. The van der Waals surface area contributed by atoms with Gasteiger partial charge in [0.2, 0.25) is 11.8 Å². The molecule has 0 aliphatic heterocycles. The molecule has 0 radical (unpaired) electrons. The molecule has 0 atom stereocenters. The minimum Gasteiger partial charge on any atom is -0.324 e. The second kappa shape index (κ2) is 12.2. The van der Waals surface area contributed by atoms with E-state index in [1.807, 2.05) is 13.0 Å². The van der Waals surface area contributed by atoms with Crippen LogP contribution in [0.15, 0.2) is 42.5 Å². The number of carbonyl (C=O) groups is 2. The predicted molar refractivity (Wildman–Crippen MR) is 120 cm³/mol. The van der Waals surface area contributed by atoms with Gasteiger partial charge in [-0.3, -0.25) is 9.59 Å². The summed E-state index contributed by atoms with van der Waals surface area (Å²) in [7, 11) is 0. The standard InChI is InChI=1S/C14H17Cl2FN2O2.C6H4Cl2/c1-3-5-11(20)18-9-6-4-7-10(13(9)17)19-12(21)8-14(2,15)16;7-5-2-1-3-6(8)4-5/h4,6-7H,3,5,8H2,1-2H3,(H,18,20)(H,19,21);1-4H. The fraction of sp³-hybridized carbons (Fsp3) is 0.300. The van der Waals surface area contributed by atoms with Crippen LogP contribution in [-0.2, 0) is 9.59 Å². The maximum Gasteiger partial charge on any atom is 0.227 e. The number of nitrogens with one attached hydrogen (secondary N) is 2. The number of anilines is 2. The van der Waals surface area contributed by atoms with Gasteiger partial charge in [0, 0.05) is 16.5 Å². The molecule has 0 unspecified atom stereocenters. The lowest BCUT2D eigenvalue weighted by Crippen LogP contribution is -2.21. The van der Waals surface area contributed by atoms with Crippen LogP contribution in [0, 0.1) is 5.82 Å². The molecule has 0 aliphatic rings. The minimum atomic E-state index is -1.23. The van der Waals surface area contributed by atoms with Crippen LogP contribution in [0.3, 0.4) is 0 Å². The van der Waals surface area contributed by atoms with E-state index in [1.54, 1.807) is 18.2 Å². The average Bonchev–Trinajstić information content (AvgIpc) is 2.57. The Labute approximate surface area is 189 Å². The highest BCUT2D eigenvalue weighted by Crippen LogP contribution is 2.26. The van der Waals surface area contributed by atoms with Gasteiger partial charge in [0.1, 0.15) is 4.33 Å². The Kier molecular flexibility index (Phi) is 10.8. The Bertz CT molecular complexity index is 824. The Morgan fingerprint density at radius 1 is 0.966 bits per heavy atom. The SMILES string of the molecule is CCCC(=O)Nc1cccc(NC(=O)CC(C)(Cl)Cl)c1F.Clc1cccc(Cl)c1. The molecule has 4 nitrogen and oxygen atoms in total. The Morgan fingerprint density at radius 3 is 1.86 bits per heavy atom. The van der Waals surface area contributed by atoms with Crippen molar-refractivity contribution in [1.29, 1.82) is 0 Å². The van der Waals surface area contributed by atoms with Crippen molar-refractivity contribution >= 4 is 69.6 Å². The average molecular weight is 482 g/mol. The zero-order valence-corrected chi connectivity index (χ0v) is 18.9. The Hall–Kier alpha value is -1.53. The third-order valence-corrected chi connectivity index (χ3v) is 4.02. The molecular formula is C20H21Cl4FN2O2. The van der Waals surface area contributed by atoms with E-state index in [0.717, 1.165) is 0 Å². The summed E-state index contributed by atoms with van der Waals surface area (Å²) in [5, 5.41) is 6.19. The van der Waals surface area contributed by atoms with E-state index >= 15 is 0 Å². The molecular weight excluding hydrogens is 461 g/mol. The molecule has 0 aliphatic carbocycles. The maximum atomic E-state index is 14.2. The summed E-state index contributed by atoms with van der Waals surface area (Å²) in [4.78, 5) is 23.2. The monoisotopic (exact) mass is 480 g/mol. The maximum absolute atomic E-state index is 14.2. The Morgan fingerprint density at radius 2 is 1.45 bits per heavy atom. The third kappa shape index (κ3) is 10.7. The molecule has 29 heavy (non-hydrogen) atoms. The van der Waals surface area contributed by atoms with Crippen LogP contribution < -0.4 is 10.6 Å². The highest BCUT2D eigenvalue weighted by atomic mass is 35.5. The first-order valence-corrected chi connectivity index (χ1v) is 10.2. The second-order valence-electron chi connectivity index (χ2n) is 6.20. The van der Waals surface area contributed by atoms with E-state index in [-0.39, 0.29) is 23.7 Å². The lowest BCUT2D eigenvalue weighted by molar-refractivity contribution is -0.117. The van der Waals surface area contributed by atoms with Crippen molar-refractivity contribution in [3.63, 3.8) is 0 Å². The van der Waals surface area contributed by atoms with Gasteiger partial charge in [0.25, 0.3) is 0 Å². The number of amides is 2. The molecule has 0 fully saturated rings. The number of alkyl halides is 2. The van der Waals surface area contributed by atoms with E-state index in [9.17, 15) is 14.0 Å². The molecule has 2 aromatic carbocycles. The summed E-state index contributed by atoms with van der Waals surface area (Å²) in [6.45, 7) is 3.31. The van der Waals surface area contributed by atoms with Crippen molar-refractivity contribution in [2.24, 2.45) is 0 Å². The van der Waals surface area contributed by atoms with E-state index in [2.05, 4.69) is 10.6 Å². The fourth-order valence-electron chi connectivity index (χ4n) is 2.10. The molecule has 158 valence electrons. The van der Waals surface area contributed by atoms with E-state index in [4.69, 9.17) is 46.4 Å². The van der Waals surface area contributed by atoms with Crippen LogP contribution in [0.2, 0.25) is 10.0 Å². The van der Waals surface area contributed by atoms with Crippen molar-refractivity contribution in [1.82, 2.24) is 0 Å². The fourth-order valence-corrected chi connectivity index (χ4v) is 2.78. The van der Waals surface area contributed by atoms with Crippen LogP contribution in [0.5, 0.6) is 0 Å². The highest BCUT2D eigenvalue weighted by Gasteiger charge is 2.22. The van der Waals surface area contributed by atoms with Crippen LogP contribution in [-0.4, -0.2) is 16.1 Å². The van der Waals surface area contributed by atoms with Gasteiger partial charge in [-0.25, -0.2) is 4.39 Å². The van der Waals surface area contributed by atoms with Crippen LogP contribution in [0.4, 0.5) is 15.8 Å². The number of hydrogen-bond acceptors (Lipinski definition) is 2. The molecule has 2 aromatic rings. The summed E-state index contributed by atoms with van der Waals surface area (Å²) in [5.74, 6) is -1.51. The second-order valence-corrected chi connectivity index (χ2v) is 8.94. The van der Waals surface area contributed by atoms with Crippen molar-refractivity contribution in [2.75, 3.05) is 10.6 Å². The zero-order valence-electron chi connectivity index (χ0n) is 15.9. The topological polar surface area (TPSA) is 58.2 Å². The third-order valence-electron chi connectivity index (χ3n) is 3.28. The van der Waals surface area contributed by atoms with Crippen molar-refractivity contribution in [3.8, 4) is 0 Å². The summed E-state index contributed by atoms with van der Waals surface area (Å²) in [5.41, 5.74) is -0.0161.